The summed E-state index contributed by atoms with van der Waals surface area (Å²) in [5, 5.41) is 20.1. The number of fused-ring (bicyclic) bond motifs is 1. The van der Waals surface area contributed by atoms with E-state index in [0.717, 1.165) is 17.7 Å². The van der Waals surface area contributed by atoms with Gasteiger partial charge in [0.05, 0.1) is 23.6 Å². The Kier molecular flexibility index (Phi) is 12.9. The highest BCUT2D eigenvalue weighted by atomic mass is 32.2. The molecule has 11 nitrogen and oxygen atoms in total. The summed E-state index contributed by atoms with van der Waals surface area (Å²) in [5.74, 6) is -1.94. The van der Waals surface area contributed by atoms with Crippen molar-refractivity contribution >= 4 is 21.8 Å². The van der Waals surface area contributed by atoms with Crippen molar-refractivity contribution in [3.63, 3.8) is 0 Å². The van der Waals surface area contributed by atoms with E-state index in [0.29, 0.717) is 11.5 Å². The van der Waals surface area contributed by atoms with Crippen LogP contribution >= 0.6 is 0 Å². The van der Waals surface area contributed by atoms with Crippen molar-refractivity contribution in [1.82, 2.24) is 20.3 Å². The zero-order valence-electron chi connectivity index (χ0n) is 28.9. The van der Waals surface area contributed by atoms with E-state index in [4.69, 9.17) is 9.47 Å². The number of rotatable bonds is 16. The molecule has 3 aromatic carbocycles. The lowest BCUT2D eigenvalue weighted by atomic mass is 9.85. The monoisotopic (exact) mass is 716 g/mol. The van der Waals surface area contributed by atoms with Gasteiger partial charge in [0.25, 0.3) is 0 Å². The average Bonchev–Trinajstić information content (AvgIpc) is 3.52. The van der Waals surface area contributed by atoms with E-state index in [9.17, 15) is 31.9 Å². The summed E-state index contributed by atoms with van der Waals surface area (Å²) in [4.78, 5) is 26.8. The largest absolute Gasteiger partial charge is 0.454 e. The number of nitrogens with one attached hydrogen (secondary N) is 3. The van der Waals surface area contributed by atoms with Crippen LogP contribution in [0.25, 0.3) is 0 Å². The van der Waals surface area contributed by atoms with Crippen LogP contribution in [-0.4, -0.2) is 74.3 Å². The quantitative estimate of drug-likeness (QED) is 0.176. The molecule has 1 heterocycles. The van der Waals surface area contributed by atoms with Gasteiger partial charge >= 0.3 is 0 Å². The molecule has 3 unspecified atom stereocenters. The van der Waals surface area contributed by atoms with E-state index in [1.54, 1.807) is 20.8 Å². The highest BCUT2D eigenvalue weighted by molar-refractivity contribution is 7.89. The Labute approximate surface area is 292 Å². The minimum absolute atomic E-state index is 0.0172. The molecule has 2 amide bonds. The molecule has 0 aromatic heterocycles. The van der Waals surface area contributed by atoms with Crippen LogP contribution < -0.4 is 25.4 Å². The van der Waals surface area contributed by atoms with Crippen molar-refractivity contribution in [2.24, 2.45) is 11.3 Å². The van der Waals surface area contributed by atoms with Gasteiger partial charge in [-0.05, 0) is 41.5 Å². The summed E-state index contributed by atoms with van der Waals surface area (Å²) in [7, 11) is -4.12. The minimum Gasteiger partial charge on any atom is -0.454 e. The number of carbonyl (C=O) groups excluding carboxylic acids is 2. The molecule has 0 radical (unpaired) electrons. The van der Waals surface area contributed by atoms with Gasteiger partial charge in [-0.15, -0.1) is 0 Å². The number of amides is 2. The number of aliphatic hydroxyl groups is 1. The lowest BCUT2D eigenvalue weighted by molar-refractivity contribution is -0.132. The lowest BCUT2D eigenvalue weighted by Crippen LogP contribution is -2.59. The Morgan fingerprint density at radius 2 is 1.64 bits per heavy atom. The zero-order valence-corrected chi connectivity index (χ0v) is 29.7. The smallest absolute Gasteiger partial charge is 0.243 e. The second kappa shape index (κ2) is 16.7. The third-order valence-electron chi connectivity index (χ3n) is 8.08. The molecule has 4 N–H and O–H groups in total. The van der Waals surface area contributed by atoms with Gasteiger partial charge in [0, 0.05) is 37.3 Å². The van der Waals surface area contributed by atoms with E-state index in [-0.39, 0.29) is 55.8 Å². The van der Waals surface area contributed by atoms with Gasteiger partial charge in [0.1, 0.15) is 17.7 Å². The number of carbonyl (C=O) groups is 2. The van der Waals surface area contributed by atoms with Gasteiger partial charge < -0.3 is 30.5 Å². The molecule has 0 saturated heterocycles. The lowest BCUT2D eigenvalue weighted by Gasteiger charge is -2.34. The summed E-state index contributed by atoms with van der Waals surface area (Å²) < 4.78 is 67.0. The predicted molar refractivity (Wildman–Crippen MR) is 184 cm³/mol. The van der Waals surface area contributed by atoms with E-state index in [1.165, 1.54) is 28.6 Å². The van der Waals surface area contributed by atoms with Crippen molar-refractivity contribution < 1.29 is 41.4 Å². The molecule has 3 atom stereocenters. The fraction of sp³-hybridized carbons (Fsp3) is 0.444. The topological polar surface area (TPSA) is 146 Å². The maximum Gasteiger partial charge on any atom is 0.243 e. The molecule has 0 fully saturated rings. The molecule has 0 aliphatic carbocycles. The van der Waals surface area contributed by atoms with Crippen LogP contribution in [0, 0.1) is 23.0 Å². The van der Waals surface area contributed by atoms with E-state index in [1.807, 2.05) is 44.2 Å². The number of hydrogen-bond acceptors (Lipinski definition) is 8. The average molecular weight is 717 g/mol. The van der Waals surface area contributed by atoms with E-state index in [2.05, 4.69) is 16.0 Å². The first kappa shape index (κ1) is 38.7. The number of benzene rings is 3. The summed E-state index contributed by atoms with van der Waals surface area (Å²) in [6.45, 7) is 8.47. The SMILES string of the molecule is CC(C)CN(CC(O)C(Cc1ccccc1)NC(=O)C(NC(=O)CNCc1ccc(F)cc1F)C(C)(C)C)S(=O)(=O)c1ccc2c(c1)OCO2. The fourth-order valence-electron chi connectivity index (χ4n) is 5.48. The molecule has 50 heavy (non-hydrogen) atoms. The van der Waals surface area contributed by atoms with Crippen LogP contribution in [0.15, 0.2) is 71.6 Å². The number of ether oxygens (including phenoxy) is 2. The Morgan fingerprint density at radius 3 is 2.30 bits per heavy atom. The first-order valence-electron chi connectivity index (χ1n) is 16.4. The Bertz CT molecular complexity index is 1740. The van der Waals surface area contributed by atoms with Gasteiger partial charge in [-0.25, -0.2) is 17.2 Å². The van der Waals surface area contributed by atoms with Crippen LogP contribution in [0.1, 0.15) is 45.7 Å². The molecule has 4 rings (SSSR count). The number of nitrogens with zero attached hydrogens (tertiary/aromatic N) is 1. The first-order valence-corrected chi connectivity index (χ1v) is 17.8. The minimum atomic E-state index is -4.12. The van der Waals surface area contributed by atoms with Crippen LogP contribution in [0.4, 0.5) is 8.78 Å². The van der Waals surface area contributed by atoms with Crippen LogP contribution in [-0.2, 0) is 32.6 Å². The first-order chi connectivity index (χ1) is 23.5. The number of halogens is 2. The Balaban J connectivity index is 1.52. The highest BCUT2D eigenvalue weighted by Crippen LogP contribution is 2.35. The normalized spacial score (nSPS) is 14.8. The highest BCUT2D eigenvalue weighted by Gasteiger charge is 2.37. The van der Waals surface area contributed by atoms with Gasteiger partial charge in [0.15, 0.2) is 11.5 Å². The van der Waals surface area contributed by atoms with Gasteiger partial charge in [0.2, 0.25) is 28.6 Å². The number of hydrogen-bond donors (Lipinski definition) is 4. The number of aliphatic hydroxyl groups excluding tert-OH is 1. The Morgan fingerprint density at radius 1 is 0.940 bits per heavy atom. The molecule has 3 aromatic rings. The van der Waals surface area contributed by atoms with E-state index < -0.39 is 57.1 Å². The van der Waals surface area contributed by atoms with Crippen LogP contribution in [0.3, 0.4) is 0 Å². The van der Waals surface area contributed by atoms with Crippen molar-refractivity contribution in [3.8, 4) is 11.5 Å². The van der Waals surface area contributed by atoms with Gasteiger partial charge in [-0.3, -0.25) is 9.59 Å². The van der Waals surface area contributed by atoms with Crippen molar-refractivity contribution in [1.29, 1.82) is 0 Å². The van der Waals surface area contributed by atoms with Crippen molar-refractivity contribution in [2.75, 3.05) is 26.4 Å². The second-order valence-electron chi connectivity index (χ2n) is 13.8. The Hall–Kier alpha value is -4.11. The predicted octanol–water partition coefficient (Wildman–Crippen LogP) is 3.75. The second-order valence-corrected chi connectivity index (χ2v) is 15.7. The fourth-order valence-corrected chi connectivity index (χ4v) is 7.12. The molecule has 1 aliphatic heterocycles. The zero-order chi connectivity index (χ0) is 36.6. The molecule has 14 heteroatoms. The van der Waals surface area contributed by atoms with Crippen molar-refractivity contribution in [2.45, 2.75) is 70.7 Å². The molecule has 1 aliphatic rings. The van der Waals surface area contributed by atoms with Crippen LogP contribution in [0.2, 0.25) is 0 Å². The molecule has 0 saturated carbocycles. The maximum absolute atomic E-state index is 14.0. The van der Waals surface area contributed by atoms with Gasteiger partial charge in [-0.1, -0.05) is 71.0 Å². The molecule has 272 valence electrons. The third-order valence-corrected chi connectivity index (χ3v) is 9.91. The third kappa shape index (κ3) is 10.5. The molecule has 0 bridgehead atoms. The van der Waals surface area contributed by atoms with E-state index >= 15 is 0 Å². The molecular weight excluding hydrogens is 670 g/mol. The molecular formula is C36H46F2N4O7S. The summed E-state index contributed by atoms with van der Waals surface area (Å²) in [5.41, 5.74) is 0.186. The molecule has 0 spiro atoms. The standard InChI is InChI=1S/C36H46F2N4O7S/c1-23(2)20-42(50(46,47)27-13-14-31-32(17-27)49-22-48-31)21-30(43)29(15-24-9-7-6-8-10-24)40-35(45)34(36(3,4)5)41-33(44)19-39-18-25-11-12-26(37)16-28(25)38/h6-14,16-17,23,29-30,34,39,43H,15,18-22H2,1-5H3,(H,40,45)(H,41,44). The summed E-state index contributed by atoms with van der Waals surface area (Å²) >= 11 is 0. The van der Waals surface area contributed by atoms with Gasteiger partial charge in [-0.2, -0.15) is 4.31 Å². The summed E-state index contributed by atoms with van der Waals surface area (Å²) in [6.07, 6.45) is -1.19. The number of sulfonamides is 1. The maximum atomic E-state index is 14.0. The van der Waals surface area contributed by atoms with Crippen LogP contribution in [0.5, 0.6) is 11.5 Å². The van der Waals surface area contributed by atoms with Crippen molar-refractivity contribution in [3.05, 3.63) is 89.5 Å². The summed E-state index contributed by atoms with van der Waals surface area (Å²) in [6, 6.07) is 14.6.